The molecule has 5 amide bonds. The molecule has 4 aromatic rings. The quantitative estimate of drug-likeness (QED) is 0.136. The van der Waals surface area contributed by atoms with Crippen LogP contribution in [0.5, 0.6) is 17.2 Å². The maximum Gasteiger partial charge on any atom is 0.407 e. The number of carbonyl (C=O) groups excluding carboxylic acids is 4. The first-order chi connectivity index (χ1) is 26.4. The van der Waals surface area contributed by atoms with E-state index in [0.717, 1.165) is 34.7 Å². The number of H-pyrrole nitrogens is 1. The summed E-state index contributed by atoms with van der Waals surface area (Å²) in [6, 6.07) is 12.7. The van der Waals surface area contributed by atoms with E-state index >= 15 is 0 Å². The zero-order valence-corrected chi connectivity index (χ0v) is 33.4. The number of alkyl carbamates (subject to hydrolysis) is 1. The molecule has 1 saturated carbocycles. The highest BCUT2D eigenvalue weighted by atomic mass is 35.5. The fraction of sp³-hybridized carbons (Fsp3) is 0.400. The first-order valence-electron chi connectivity index (χ1n) is 18.4. The van der Waals surface area contributed by atoms with Crippen LogP contribution in [-0.4, -0.2) is 95.4 Å². The molecule has 2 aliphatic rings. The number of phenolic OH excluding ortho intramolecular Hbond substituents is 1. The second-order valence-electron chi connectivity index (χ2n) is 15.5. The Morgan fingerprint density at radius 3 is 2.48 bits per heavy atom. The molecule has 3 unspecified atom stereocenters. The fourth-order valence-electron chi connectivity index (χ4n) is 7.26. The van der Waals surface area contributed by atoms with Crippen LogP contribution in [0.4, 0.5) is 9.59 Å². The van der Waals surface area contributed by atoms with Crippen LogP contribution in [0.2, 0.25) is 5.02 Å². The van der Waals surface area contributed by atoms with Gasteiger partial charge in [-0.25, -0.2) is 22.3 Å². The molecule has 3 atom stereocenters. The monoisotopic (exact) mass is 807 g/mol. The number of nitrogens with zero attached hydrogens (tertiary/aromatic N) is 3. The molecule has 0 spiro atoms. The Bertz CT molecular complexity index is 2270. The van der Waals surface area contributed by atoms with Crippen LogP contribution < -0.4 is 10.1 Å². The van der Waals surface area contributed by atoms with E-state index in [4.69, 9.17) is 21.1 Å². The van der Waals surface area contributed by atoms with Crippen LogP contribution >= 0.6 is 11.6 Å². The first kappa shape index (κ1) is 40.4. The number of fused-ring (bicyclic) bond motifs is 1. The van der Waals surface area contributed by atoms with Crippen LogP contribution in [0, 0.1) is 11.8 Å². The highest BCUT2D eigenvalue weighted by molar-refractivity contribution is 7.89. The minimum absolute atomic E-state index is 0.00166. The highest BCUT2D eigenvalue weighted by Gasteiger charge is 2.52. The van der Waals surface area contributed by atoms with E-state index in [2.05, 4.69) is 10.3 Å². The number of halogens is 1. The molecule has 0 bridgehead atoms. The minimum Gasteiger partial charge on any atom is -0.506 e. The highest BCUT2D eigenvalue weighted by Crippen LogP contribution is 2.37. The average Bonchev–Trinajstić information content (AvgIpc) is 3.65. The number of para-hydroxylation sites is 1. The molecule has 2 heterocycles. The van der Waals surface area contributed by atoms with E-state index in [1.807, 2.05) is 24.3 Å². The maximum absolute atomic E-state index is 14.7. The van der Waals surface area contributed by atoms with Crippen molar-refractivity contribution in [1.29, 1.82) is 0 Å². The fourth-order valence-corrected chi connectivity index (χ4v) is 8.96. The van der Waals surface area contributed by atoms with Crippen molar-refractivity contribution in [3.8, 4) is 17.2 Å². The number of rotatable bonds is 11. The number of phenols is 1. The van der Waals surface area contributed by atoms with Crippen molar-refractivity contribution in [2.24, 2.45) is 11.8 Å². The molecule has 1 aromatic heterocycles. The Labute approximate surface area is 330 Å². The van der Waals surface area contributed by atoms with Gasteiger partial charge in [0.15, 0.2) is 0 Å². The lowest BCUT2D eigenvalue weighted by atomic mass is 9.81. The SMILES string of the molecule is CN(C)C(=O)c1cc(S(=O)(=O)N2C(=O)N(CC3CCCC(CNC(=O)OC(C)(C)C)C3)C(=O)C2Cc2c[nH]c3ccccc23)ccc1Oc1ccc(O)c(Cl)c1. The van der Waals surface area contributed by atoms with Crippen molar-refractivity contribution in [2.75, 3.05) is 27.2 Å². The standard InChI is InChI=1S/C40H46ClN5O9S/c1-40(2,3)55-38(50)43-21-24-9-8-10-25(17-24)23-45-37(49)33(18-26-22-42-32-12-7-6-11-29(26)32)46(39(45)51)56(52,53)28-14-16-35(30(20-28)36(48)44(4)5)54-27-13-15-34(47)31(41)19-27/h6-7,11-16,19-20,22,24-25,33,42,47H,8-10,17-18,21,23H2,1-5H3,(H,43,50). The Morgan fingerprint density at radius 2 is 1.77 bits per heavy atom. The van der Waals surface area contributed by atoms with E-state index < -0.39 is 50.5 Å². The number of carbonyl (C=O) groups is 4. The van der Waals surface area contributed by atoms with Crippen molar-refractivity contribution >= 4 is 56.5 Å². The number of sulfonamides is 1. The van der Waals surface area contributed by atoms with E-state index in [1.165, 1.54) is 49.3 Å². The molecule has 16 heteroatoms. The molecule has 3 aromatic carbocycles. The molecule has 0 radical (unpaired) electrons. The van der Waals surface area contributed by atoms with E-state index in [0.29, 0.717) is 29.3 Å². The first-order valence-corrected chi connectivity index (χ1v) is 20.2. The Kier molecular flexibility index (Phi) is 11.6. The number of aromatic hydroxyl groups is 1. The summed E-state index contributed by atoms with van der Waals surface area (Å²) < 4.78 is 41.3. The number of hydrogen-bond acceptors (Lipinski definition) is 9. The Morgan fingerprint density at radius 1 is 1.04 bits per heavy atom. The normalized spacial score (nSPS) is 19.0. The third-order valence-electron chi connectivity index (χ3n) is 9.90. The van der Waals surface area contributed by atoms with Crippen molar-refractivity contribution in [3.05, 3.63) is 83.0 Å². The van der Waals surface area contributed by atoms with Crippen LogP contribution in [-0.2, 0) is 26.0 Å². The summed E-state index contributed by atoms with van der Waals surface area (Å²) in [7, 11) is -1.77. The molecule has 1 aliphatic carbocycles. The Balaban J connectivity index is 1.31. The lowest BCUT2D eigenvalue weighted by Crippen LogP contribution is -2.42. The molecule has 1 saturated heterocycles. The van der Waals surface area contributed by atoms with Gasteiger partial charge in [0.2, 0.25) is 0 Å². The molecular weight excluding hydrogens is 762 g/mol. The molecule has 1 aliphatic heterocycles. The number of amides is 5. The lowest BCUT2D eigenvalue weighted by Gasteiger charge is -2.31. The van der Waals surface area contributed by atoms with Gasteiger partial charge >= 0.3 is 12.1 Å². The van der Waals surface area contributed by atoms with E-state index in [1.54, 1.807) is 27.0 Å². The summed E-state index contributed by atoms with van der Waals surface area (Å²) in [6.45, 7) is 5.72. The van der Waals surface area contributed by atoms with E-state index in [-0.39, 0.29) is 52.6 Å². The topological polar surface area (TPSA) is 179 Å². The molecule has 3 N–H and O–H groups in total. The summed E-state index contributed by atoms with van der Waals surface area (Å²) in [4.78, 5) is 59.5. The number of ether oxygens (including phenoxy) is 2. The van der Waals surface area contributed by atoms with Gasteiger partial charge in [0.1, 0.15) is 28.9 Å². The average molecular weight is 808 g/mol. The molecule has 6 rings (SSSR count). The number of imide groups is 1. The Hall–Kier alpha value is -5.28. The van der Waals surface area contributed by atoms with Gasteiger partial charge in [0.05, 0.1) is 15.5 Å². The van der Waals surface area contributed by atoms with Gasteiger partial charge in [-0.05, 0) is 93.8 Å². The second-order valence-corrected chi connectivity index (χ2v) is 17.7. The van der Waals surface area contributed by atoms with Gasteiger partial charge in [-0.3, -0.25) is 14.5 Å². The maximum atomic E-state index is 14.7. The minimum atomic E-state index is -4.76. The van der Waals surface area contributed by atoms with Gasteiger partial charge in [-0.2, -0.15) is 0 Å². The van der Waals surface area contributed by atoms with Crippen molar-refractivity contribution in [3.63, 3.8) is 0 Å². The number of nitrogens with one attached hydrogen (secondary N) is 2. The summed E-state index contributed by atoms with van der Waals surface area (Å²) in [6.07, 6.45) is 4.05. The zero-order chi connectivity index (χ0) is 40.5. The molecule has 56 heavy (non-hydrogen) atoms. The van der Waals surface area contributed by atoms with Crippen LogP contribution in [0.15, 0.2) is 71.8 Å². The summed E-state index contributed by atoms with van der Waals surface area (Å²) in [5.74, 6) is -1.30. The summed E-state index contributed by atoms with van der Waals surface area (Å²) >= 11 is 6.06. The van der Waals surface area contributed by atoms with Crippen LogP contribution in [0.1, 0.15) is 62.4 Å². The van der Waals surface area contributed by atoms with E-state index in [9.17, 15) is 32.7 Å². The number of hydrogen-bond donors (Lipinski definition) is 3. The van der Waals surface area contributed by atoms with Gasteiger partial charge in [-0.15, -0.1) is 0 Å². The van der Waals surface area contributed by atoms with Gasteiger partial charge in [0.25, 0.3) is 21.8 Å². The second kappa shape index (κ2) is 16.1. The van der Waals surface area contributed by atoms with Crippen molar-refractivity contribution < 1.29 is 42.2 Å². The smallest absolute Gasteiger partial charge is 0.407 e. The van der Waals surface area contributed by atoms with Crippen LogP contribution in [0.3, 0.4) is 0 Å². The predicted octanol–water partition coefficient (Wildman–Crippen LogP) is 6.92. The molecular formula is C40H46ClN5O9S. The van der Waals surface area contributed by atoms with Gasteiger partial charge in [0, 0.05) is 56.8 Å². The molecule has 14 nitrogen and oxygen atoms in total. The third kappa shape index (κ3) is 8.73. The predicted molar refractivity (Wildman–Crippen MR) is 209 cm³/mol. The lowest BCUT2D eigenvalue weighted by molar-refractivity contribution is -0.128. The number of benzene rings is 3. The van der Waals surface area contributed by atoms with Gasteiger partial charge < -0.3 is 29.8 Å². The van der Waals surface area contributed by atoms with Crippen molar-refractivity contribution in [2.45, 2.75) is 69.4 Å². The van der Waals surface area contributed by atoms with Crippen LogP contribution in [0.25, 0.3) is 10.9 Å². The van der Waals surface area contributed by atoms with Gasteiger partial charge in [-0.1, -0.05) is 36.2 Å². The number of urea groups is 1. The van der Waals surface area contributed by atoms with Crippen molar-refractivity contribution in [1.82, 2.24) is 24.4 Å². The molecule has 2 fully saturated rings. The third-order valence-corrected chi connectivity index (χ3v) is 12.0. The number of aromatic nitrogens is 1. The largest absolute Gasteiger partial charge is 0.506 e. The zero-order valence-electron chi connectivity index (χ0n) is 31.9. The molecule has 298 valence electrons. The summed E-state index contributed by atoms with van der Waals surface area (Å²) in [5, 5.41) is 13.5. The number of aromatic amines is 1. The summed E-state index contributed by atoms with van der Waals surface area (Å²) in [5.41, 5.74) is 0.666.